The van der Waals surface area contributed by atoms with Crippen molar-refractivity contribution in [3.8, 4) is 11.1 Å². The number of hydrogen-bond acceptors (Lipinski definition) is 5. The monoisotopic (exact) mass is 432 g/mol. The Kier molecular flexibility index (Phi) is 4.89. The molecule has 4 rings (SSSR count). The summed E-state index contributed by atoms with van der Waals surface area (Å²) in [6.45, 7) is 1.34. The molecule has 0 unspecified atom stereocenters. The van der Waals surface area contributed by atoms with E-state index in [1.54, 1.807) is 11.4 Å². The first-order valence-electron chi connectivity index (χ1n) is 8.29. The number of amides is 1. The number of carbonyl (C=O) groups is 2. The van der Waals surface area contributed by atoms with Crippen molar-refractivity contribution in [3.63, 3.8) is 0 Å². The molecule has 0 spiro atoms. The van der Waals surface area contributed by atoms with Gasteiger partial charge in [0.1, 0.15) is 16.3 Å². The van der Waals surface area contributed by atoms with Crippen LogP contribution in [-0.2, 0) is 0 Å². The molecule has 2 aromatic heterocycles. The summed E-state index contributed by atoms with van der Waals surface area (Å²) in [6, 6.07) is 8.34. The zero-order valence-electron chi connectivity index (χ0n) is 14.8. The smallest absolute Gasteiger partial charge is 0.312 e. The summed E-state index contributed by atoms with van der Waals surface area (Å²) < 4.78 is 32.8. The molecule has 29 heavy (non-hydrogen) atoms. The van der Waals surface area contributed by atoms with Gasteiger partial charge in [-0.2, -0.15) is 0 Å². The minimum Gasteiger partial charge on any atom is -0.429 e. The second kappa shape index (κ2) is 7.38. The van der Waals surface area contributed by atoms with E-state index < -0.39 is 17.5 Å². The Hall–Kier alpha value is -3.10. The molecule has 4 aromatic rings. The van der Waals surface area contributed by atoms with Crippen LogP contribution in [0.25, 0.3) is 22.2 Å². The zero-order chi connectivity index (χ0) is 20.7. The highest BCUT2D eigenvalue weighted by molar-refractivity contribution is 7.15. The minimum absolute atomic E-state index is 0.0370. The van der Waals surface area contributed by atoms with Crippen molar-refractivity contribution >= 4 is 50.7 Å². The van der Waals surface area contributed by atoms with E-state index in [4.69, 9.17) is 16.0 Å². The first kappa shape index (κ1) is 19.2. The van der Waals surface area contributed by atoms with E-state index in [0.717, 1.165) is 11.3 Å². The Morgan fingerprint density at radius 3 is 2.66 bits per heavy atom. The molecular weight excluding hydrogens is 422 g/mol. The normalized spacial score (nSPS) is 11.0. The molecule has 0 fully saturated rings. The van der Waals surface area contributed by atoms with Gasteiger partial charge in [-0.25, -0.2) is 13.8 Å². The molecule has 0 aliphatic heterocycles. The first-order valence-corrected chi connectivity index (χ1v) is 9.55. The van der Waals surface area contributed by atoms with Crippen molar-refractivity contribution < 1.29 is 22.8 Å². The van der Waals surface area contributed by atoms with Gasteiger partial charge < -0.3 is 9.73 Å². The fraction of sp³-hybridized carbons (Fsp3) is 0.0500. The maximum atomic E-state index is 13.8. The molecule has 0 bridgehead atoms. The quantitative estimate of drug-likeness (QED) is 0.405. The molecule has 0 saturated carbocycles. The number of thiophene rings is 1. The van der Waals surface area contributed by atoms with E-state index in [-0.39, 0.29) is 38.4 Å². The Morgan fingerprint density at radius 2 is 1.97 bits per heavy atom. The van der Waals surface area contributed by atoms with Gasteiger partial charge >= 0.3 is 5.91 Å². The van der Waals surface area contributed by atoms with Gasteiger partial charge in [-0.1, -0.05) is 23.7 Å². The first-order chi connectivity index (χ1) is 13.8. The SMILES string of the molecule is CC(=O)c1c(-c2ccc(Cl)c(F)c2)csc1NC(=O)c1nc2cccc(F)c2o1. The molecule has 0 aliphatic rings. The number of nitrogens with one attached hydrogen (secondary N) is 1. The Morgan fingerprint density at radius 1 is 1.17 bits per heavy atom. The van der Waals surface area contributed by atoms with Crippen LogP contribution in [0.3, 0.4) is 0 Å². The number of oxazole rings is 1. The number of Topliss-reactive ketones (excluding diaryl/α,β-unsaturated/α-hetero) is 1. The van der Waals surface area contributed by atoms with Gasteiger partial charge in [0.2, 0.25) is 0 Å². The average Bonchev–Trinajstić information content (AvgIpc) is 3.29. The Labute approximate surface area is 171 Å². The van der Waals surface area contributed by atoms with Crippen LogP contribution < -0.4 is 5.32 Å². The standard InChI is InChI=1S/C20H11ClF2N2O3S/c1-9(26)16-11(10-5-6-12(21)14(23)7-10)8-29-20(16)25-18(27)19-24-15-4-2-3-13(22)17(15)28-19/h2-8H,1H3,(H,25,27). The highest BCUT2D eigenvalue weighted by Gasteiger charge is 2.23. The zero-order valence-corrected chi connectivity index (χ0v) is 16.3. The lowest BCUT2D eigenvalue weighted by Gasteiger charge is -2.06. The summed E-state index contributed by atoms with van der Waals surface area (Å²) in [5.74, 6) is -2.66. The predicted molar refractivity (Wildman–Crippen MR) is 107 cm³/mol. The summed E-state index contributed by atoms with van der Waals surface area (Å²) in [6.07, 6.45) is 0. The number of fused-ring (bicyclic) bond motifs is 1. The van der Waals surface area contributed by atoms with E-state index in [2.05, 4.69) is 10.3 Å². The van der Waals surface area contributed by atoms with Crippen LogP contribution in [-0.4, -0.2) is 16.7 Å². The number of para-hydroxylation sites is 1. The van der Waals surface area contributed by atoms with Crippen molar-refractivity contribution in [2.24, 2.45) is 0 Å². The molecule has 0 saturated heterocycles. The lowest BCUT2D eigenvalue weighted by atomic mass is 10.0. The number of benzene rings is 2. The Balaban J connectivity index is 1.70. The van der Waals surface area contributed by atoms with Crippen LogP contribution in [0.15, 0.2) is 46.2 Å². The van der Waals surface area contributed by atoms with Gasteiger partial charge in [-0.3, -0.25) is 9.59 Å². The van der Waals surface area contributed by atoms with Crippen molar-refractivity contribution in [1.82, 2.24) is 4.98 Å². The van der Waals surface area contributed by atoms with Crippen LogP contribution in [0.5, 0.6) is 0 Å². The molecule has 0 radical (unpaired) electrons. The third-order valence-corrected chi connectivity index (χ3v) is 5.36. The van der Waals surface area contributed by atoms with Gasteiger partial charge in [0, 0.05) is 10.9 Å². The van der Waals surface area contributed by atoms with E-state index in [1.165, 1.54) is 37.3 Å². The molecule has 0 aliphatic carbocycles. The van der Waals surface area contributed by atoms with E-state index >= 15 is 0 Å². The van der Waals surface area contributed by atoms with Crippen molar-refractivity contribution in [2.45, 2.75) is 6.92 Å². The average molecular weight is 433 g/mol. The lowest BCUT2D eigenvalue weighted by molar-refractivity contribution is 0.0992. The molecule has 5 nitrogen and oxygen atoms in total. The van der Waals surface area contributed by atoms with Crippen molar-refractivity contribution in [2.75, 3.05) is 5.32 Å². The summed E-state index contributed by atoms with van der Waals surface area (Å²) in [7, 11) is 0. The molecule has 1 N–H and O–H groups in total. The topological polar surface area (TPSA) is 72.2 Å². The summed E-state index contributed by atoms with van der Waals surface area (Å²) in [4.78, 5) is 28.7. The maximum Gasteiger partial charge on any atom is 0.312 e. The van der Waals surface area contributed by atoms with Crippen LogP contribution in [0.1, 0.15) is 28.0 Å². The van der Waals surface area contributed by atoms with Crippen LogP contribution in [0, 0.1) is 11.6 Å². The third-order valence-electron chi connectivity index (χ3n) is 4.16. The van der Waals surface area contributed by atoms with Gasteiger partial charge in [0.25, 0.3) is 5.89 Å². The van der Waals surface area contributed by atoms with Gasteiger partial charge in [0.15, 0.2) is 17.2 Å². The highest BCUT2D eigenvalue weighted by Crippen LogP contribution is 2.37. The lowest BCUT2D eigenvalue weighted by Crippen LogP contribution is -2.13. The number of nitrogens with zero attached hydrogens (tertiary/aromatic N) is 1. The van der Waals surface area contributed by atoms with Crippen molar-refractivity contribution in [3.05, 3.63) is 69.9 Å². The van der Waals surface area contributed by atoms with Crippen molar-refractivity contribution in [1.29, 1.82) is 0 Å². The largest absolute Gasteiger partial charge is 0.429 e. The summed E-state index contributed by atoms with van der Waals surface area (Å²) in [5.41, 5.74) is 1.18. The molecule has 0 atom stereocenters. The molecule has 146 valence electrons. The van der Waals surface area contributed by atoms with E-state index in [1.807, 2.05) is 0 Å². The molecule has 1 amide bonds. The van der Waals surface area contributed by atoms with E-state index in [0.29, 0.717) is 11.1 Å². The number of ketones is 1. The minimum atomic E-state index is -0.737. The number of carbonyl (C=O) groups excluding carboxylic acids is 2. The summed E-state index contributed by atoms with van der Waals surface area (Å²) >= 11 is 6.81. The summed E-state index contributed by atoms with van der Waals surface area (Å²) in [5, 5.41) is 4.40. The molecule has 2 aromatic carbocycles. The number of rotatable bonds is 4. The second-order valence-corrected chi connectivity index (χ2v) is 7.39. The fourth-order valence-electron chi connectivity index (χ4n) is 2.84. The Bertz CT molecular complexity index is 1280. The third kappa shape index (κ3) is 3.52. The second-order valence-electron chi connectivity index (χ2n) is 6.10. The highest BCUT2D eigenvalue weighted by atomic mass is 35.5. The number of anilines is 1. The number of halogens is 3. The maximum absolute atomic E-state index is 13.8. The van der Waals surface area contributed by atoms with Crippen LogP contribution >= 0.6 is 22.9 Å². The van der Waals surface area contributed by atoms with Gasteiger partial charge in [-0.05, 0) is 36.8 Å². The molecular formula is C20H11ClF2N2O3S. The fourth-order valence-corrected chi connectivity index (χ4v) is 3.98. The van der Waals surface area contributed by atoms with Crippen LogP contribution in [0.4, 0.5) is 13.8 Å². The van der Waals surface area contributed by atoms with Crippen LogP contribution in [0.2, 0.25) is 5.02 Å². The number of hydrogen-bond donors (Lipinski definition) is 1. The van der Waals surface area contributed by atoms with Gasteiger partial charge in [-0.15, -0.1) is 11.3 Å². The predicted octanol–water partition coefficient (Wildman–Crippen LogP) is 5.94. The van der Waals surface area contributed by atoms with E-state index in [9.17, 15) is 18.4 Å². The molecule has 9 heteroatoms. The van der Waals surface area contributed by atoms with Gasteiger partial charge in [0.05, 0.1) is 10.6 Å². The molecule has 2 heterocycles. The number of aromatic nitrogens is 1.